The summed E-state index contributed by atoms with van der Waals surface area (Å²) in [6.45, 7) is 5.71. The number of aromatic nitrogens is 2. The van der Waals surface area contributed by atoms with Crippen molar-refractivity contribution in [3.05, 3.63) is 47.1 Å². The number of carbonyl (C=O) groups is 2. The molecule has 1 fully saturated rings. The molecule has 1 aromatic heterocycles. The normalized spacial score (nSPS) is 20.2. The molecule has 3 rings (SSSR count). The first-order chi connectivity index (χ1) is 12.0. The van der Waals surface area contributed by atoms with Crippen molar-refractivity contribution in [2.24, 2.45) is 0 Å². The Balaban J connectivity index is 1.81. The van der Waals surface area contributed by atoms with Gasteiger partial charge < -0.3 is 9.84 Å². The highest BCUT2D eigenvalue weighted by molar-refractivity contribution is 6.07. The van der Waals surface area contributed by atoms with E-state index >= 15 is 0 Å². The molecule has 1 N–H and O–H groups in total. The predicted octanol–water partition coefficient (Wildman–Crippen LogP) is 2.55. The van der Waals surface area contributed by atoms with E-state index in [1.165, 1.54) is 5.56 Å². The van der Waals surface area contributed by atoms with Crippen LogP contribution in [0.15, 0.2) is 28.8 Å². The van der Waals surface area contributed by atoms with E-state index in [9.17, 15) is 9.59 Å². The first-order valence-electron chi connectivity index (χ1n) is 8.53. The minimum absolute atomic E-state index is 0.0266. The fraction of sp³-hybridized carbons (Fsp3) is 0.444. The second-order valence-corrected chi connectivity index (χ2v) is 6.35. The number of hydrogen-bond donors (Lipinski definition) is 1. The van der Waals surface area contributed by atoms with E-state index < -0.39 is 11.6 Å². The maximum absolute atomic E-state index is 12.9. The summed E-state index contributed by atoms with van der Waals surface area (Å²) < 4.78 is 5.10. The molecule has 1 aliphatic rings. The van der Waals surface area contributed by atoms with Gasteiger partial charge in [0.25, 0.3) is 5.91 Å². The molecule has 7 heteroatoms. The maximum Gasteiger partial charge on any atom is 0.325 e. The van der Waals surface area contributed by atoms with E-state index in [4.69, 9.17) is 4.52 Å². The number of amides is 3. The standard InChI is InChI=1S/C18H22N4O3/c1-4-6-12-7-9-13(10-8-12)18(3)16(23)22(17(24)20-18)11-15-19-14(5-2)21-25-15/h7-10H,4-6,11H2,1-3H3,(H,20,24)/t18-/m1/s1. The number of rotatable bonds is 6. The van der Waals surface area contributed by atoms with Gasteiger partial charge in [-0.2, -0.15) is 4.98 Å². The molecule has 1 aromatic carbocycles. The van der Waals surface area contributed by atoms with Crippen molar-refractivity contribution in [3.63, 3.8) is 0 Å². The van der Waals surface area contributed by atoms with Crippen molar-refractivity contribution >= 4 is 11.9 Å². The van der Waals surface area contributed by atoms with E-state index in [1.54, 1.807) is 6.92 Å². The number of nitrogens with zero attached hydrogens (tertiary/aromatic N) is 3. The number of benzene rings is 1. The van der Waals surface area contributed by atoms with Crippen LogP contribution in [0, 0.1) is 0 Å². The third-order valence-electron chi connectivity index (χ3n) is 4.46. The Labute approximate surface area is 146 Å². The summed E-state index contributed by atoms with van der Waals surface area (Å²) in [5.41, 5.74) is 0.879. The first kappa shape index (κ1) is 17.1. The summed E-state index contributed by atoms with van der Waals surface area (Å²) in [5.74, 6) is 0.483. The van der Waals surface area contributed by atoms with Gasteiger partial charge in [-0.15, -0.1) is 0 Å². The summed E-state index contributed by atoms with van der Waals surface area (Å²) in [4.78, 5) is 30.5. The van der Waals surface area contributed by atoms with Gasteiger partial charge in [-0.3, -0.25) is 9.69 Å². The van der Waals surface area contributed by atoms with Crippen LogP contribution in [0.1, 0.15) is 50.0 Å². The molecule has 0 unspecified atom stereocenters. The summed E-state index contributed by atoms with van der Waals surface area (Å²) in [6.07, 6.45) is 2.68. The molecule has 132 valence electrons. The highest BCUT2D eigenvalue weighted by Gasteiger charge is 2.49. The number of hydrogen-bond acceptors (Lipinski definition) is 5. The van der Waals surface area contributed by atoms with Crippen LogP contribution in [-0.2, 0) is 29.7 Å². The Kier molecular flexibility index (Phi) is 4.57. The Bertz CT molecular complexity index is 784. The topological polar surface area (TPSA) is 88.3 Å². The monoisotopic (exact) mass is 342 g/mol. The van der Waals surface area contributed by atoms with Gasteiger partial charge in [0.05, 0.1) is 0 Å². The zero-order valence-corrected chi connectivity index (χ0v) is 14.7. The molecule has 1 atom stereocenters. The van der Waals surface area contributed by atoms with Crippen LogP contribution in [0.2, 0.25) is 0 Å². The molecule has 0 aliphatic carbocycles. The van der Waals surface area contributed by atoms with Gasteiger partial charge in [0.2, 0.25) is 5.89 Å². The minimum atomic E-state index is -1.09. The van der Waals surface area contributed by atoms with Crippen LogP contribution in [0.3, 0.4) is 0 Å². The fourth-order valence-electron chi connectivity index (χ4n) is 2.96. The van der Waals surface area contributed by atoms with E-state index in [1.807, 2.05) is 31.2 Å². The molecule has 0 spiro atoms. The van der Waals surface area contributed by atoms with Crippen LogP contribution in [0.25, 0.3) is 0 Å². The first-order valence-corrected chi connectivity index (χ1v) is 8.53. The largest absolute Gasteiger partial charge is 0.337 e. The van der Waals surface area contributed by atoms with Gasteiger partial charge in [0.1, 0.15) is 12.1 Å². The SMILES string of the molecule is CCCc1ccc([C@@]2(C)NC(=O)N(Cc3nc(CC)no3)C2=O)cc1. The van der Waals surface area contributed by atoms with Gasteiger partial charge in [-0.05, 0) is 24.5 Å². The van der Waals surface area contributed by atoms with Crippen molar-refractivity contribution in [1.82, 2.24) is 20.4 Å². The maximum atomic E-state index is 12.9. The van der Waals surface area contributed by atoms with Gasteiger partial charge in [0, 0.05) is 6.42 Å². The second-order valence-electron chi connectivity index (χ2n) is 6.35. The molecule has 0 radical (unpaired) electrons. The highest BCUT2D eigenvalue weighted by atomic mass is 16.5. The number of nitrogens with one attached hydrogen (secondary N) is 1. The van der Waals surface area contributed by atoms with Gasteiger partial charge >= 0.3 is 6.03 Å². The summed E-state index contributed by atoms with van der Waals surface area (Å²) in [6, 6.07) is 7.33. The lowest BCUT2D eigenvalue weighted by Gasteiger charge is -2.22. The molecule has 1 aliphatic heterocycles. The number of imide groups is 1. The van der Waals surface area contributed by atoms with Gasteiger partial charge in [-0.25, -0.2) is 4.79 Å². The highest BCUT2D eigenvalue weighted by Crippen LogP contribution is 2.30. The van der Waals surface area contributed by atoms with Gasteiger partial charge in [-0.1, -0.05) is 49.7 Å². The van der Waals surface area contributed by atoms with Crippen LogP contribution in [-0.4, -0.2) is 27.0 Å². The predicted molar refractivity (Wildman–Crippen MR) is 90.5 cm³/mol. The van der Waals surface area contributed by atoms with Crippen LogP contribution < -0.4 is 5.32 Å². The summed E-state index contributed by atoms with van der Waals surface area (Å²) in [7, 11) is 0. The van der Waals surface area contributed by atoms with Crippen LogP contribution in [0.4, 0.5) is 4.79 Å². The van der Waals surface area contributed by atoms with E-state index in [2.05, 4.69) is 22.4 Å². The van der Waals surface area contributed by atoms with E-state index in [0.717, 1.165) is 23.3 Å². The third kappa shape index (κ3) is 3.14. The quantitative estimate of drug-likeness (QED) is 0.815. The lowest BCUT2D eigenvalue weighted by Crippen LogP contribution is -2.40. The summed E-state index contributed by atoms with van der Waals surface area (Å²) in [5, 5.41) is 6.58. The molecule has 2 aromatic rings. The van der Waals surface area contributed by atoms with Crippen molar-refractivity contribution < 1.29 is 14.1 Å². The zero-order valence-electron chi connectivity index (χ0n) is 14.7. The molecular formula is C18H22N4O3. The average molecular weight is 342 g/mol. The Morgan fingerprint density at radius 2 is 1.92 bits per heavy atom. The minimum Gasteiger partial charge on any atom is -0.337 e. The number of carbonyl (C=O) groups excluding carboxylic acids is 2. The van der Waals surface area contributed by atoms with Crippen molar-refractivity contribution in [2.75, 3.05) is 0 Å². The van der Waals surface area contributed by atoms with E-state index in [-0.39, 0.29) is 18.3 Å². The Morgan fingerprint density at radius 3 is 2.52 bits per heavy atom. The van der Waals surface area contributed by atoms with Crippen molar-refractivity contribution in [3.8, 4) is 0 Å². The van der Waals surface area contributed by atoms with Gasteiger partial charge in [0.15, 0.2) is 5.82 Å². The molecular weight excluding hydrogens is 320 g/mol. The molecule has 7 nitrogen and oxygen atoms in total. The lowest BCUT2D eigenvalue weighted by molar-refractivity contribution is -0.131. The van der Waals surface area contributed by atoms with Crippen LogP contribution >= 0.6 is 0 Å². The molecule has 2 heterocycles. The Hall–Kier alpha value is -2.70. The smallest absolute Gasteiger partial charge is 0.325 e. The number of urea groups is 1. The lowest BCUT2D eigenvalue weighted by atomic mass is 9.91. The number of aryl methyl sites for hydroxylation is 2. The fourth-order valence-corrected chi connectivity index (χ4v) is 2.96. The molecule has 1 saturated heterocycles. The second kappa shape index (κ2) is 6.66. The van der Waals surface area contributed by atoms with Crippen molar-refractivity contribution in [1.29, 1.82) is 0 Å². The third-order valence-corrected chi connectivity index (χ3v) is 4.46. The average Bonchev–Trinajstić information content (AvgIpc) is 3.15. The van der Waals surface area contributed by atoms with Crippen molar-refractivity contribution in [2.45, 2.75) is 52.1 Å². The molecule has 25 heavy (non-hydrogen) atoms. The van der Waals surface area contributed by atoms with E-state index in [0.29, 0.717) is 12.2 Å². The molecule has 0 bridgehead atoms. The van der Waals surface area contributed by atoms with Crippen LogP contribution in [0.5, 0.6) is 0 Å². The summed E-state index contributed by atoms with van der Waals surface area (Å²) >= 11 is 0. The molecule has 0 saturated carbocycles. The molecule has 3 amide bonds. The Morgan fingerprint density at radius 1 is 1.20 bits per heavy atom. The zero-order chi connectivity index (χ0) is 18.0.